The topological polar surface area (TPSA) is 76.8 Å². The molecule has 3 heterocycles. The molecule has 1 saturated carbocycles. The van der Waals surface area contributed by atoms with Crippen LogP contribution in [0.4, 0.5) is 0 Å². The Balaban J connectivity index is 1.51. The molecule has 4 rings (SSSR count). The molecule has 2 aliphatic rings. The second-order valence-corrected chi connectivity index (χ2v) is 6.00. The van der Waals surface area contributed by atoms with Gasteiger partial charge in [-0.3, -0.25) is 4.79 Å². The van der Waals surface area contributed by atoms with Crippen LogP contribution in [0.3, 0.4) is 0 Å². The third kappa shape index (κ3) is 2.58. The number of nitrogens with zero attached hydrogens (tertiary/aromatic N) is 6. The summed E-state index contributed by atoms with van der Waals surface area (Å²) in [7, 11) is 0. The Kier molecular flexibility index (Phi) is 3.32. The standard InChI is InChI=1S/C15H18N6O/c22-15(13-5-6-17-14(19-13)11-3-4-11)20-7-1-2-12(8-20)21-10-16-9-18-21/h5-6,9-12H,1-4,7-8H2/t12-/m1/s1. The van der Waals surface area contributed by atoms with E-state index in [1.807, 2.05) is 9.58 Å². The van der Waals surface area contributed by atoms with Gasteiger partial charge in [0.1, 0.15) is 24.2 Å². The van der Waals surface area contributed by atoms with E-state index in [1.165, 1.54) is 6.33 Å². The minimum Gasteiger partial charge on any atom is -0.335 e. The van der Waals surface area contributed by atoms with E-state index in [9.17, 15) is 4.79 Å². The summed E-state index contributed by atoms with van der Waals surface area (Å²) in [6.45, 7) is 1.43. The van der Waals surface area contributed by atoms with Gasteiger partial charge in [0, 0.05) is 25.2 Å². The molecular weight excluding hydrogens is 280 g/mol. The number of piperidine rings is 1. The molecule has 1 aliphatic heterocycles. The van der Waals surface area contributed by atoms with Gasteiger partial charge >= 0.3 is 0 Å². The smallest absolute Gasteiger partial charge is 0.272 e. The van der Waals surface area contributed by atoms with Crippen LogP contribution in [0.1, 0.15) is 54.0 Å². The van der Waals surface area contributed by atoms with Gasteiger partial charge in [0.25, 0.3) is 5.91 Å². The monoisotopic (exact) mass is 298 g/mol. The van der Waals surface area contributed by atoms with Crippen molar-refractivity contribution in [2.75, 3.05) is 13.1 Å². The van der Waals surface area contributed by atoms with Crippen molar-refractivity contribution in [3.8, 4) is 0 Å². The second-order valence-electron chi connectivity index (χ2n) is 6.00. The Morgan fingerprint density at radius 3 is 2.95 bits per heavy atom. The van der Waals surface area contributed by atoms with E-state index in [-0.39, 0.29) is 11.9 Å². The summed E-state index contributed by atoms with van der Waals surface area (Å²) in [5.41, 5.74) is 0.510. The van der Waals surface area contributed by atoms with E-state index in [0.29, 0.717) is 18.2 Å². The maximum atomic E-state index is 12.7. The molecule has 0 spiro atoms. The number of hydrogen-bond acceptors (Lipinski definition) is 5. The number of rotatable bonds is 3. The van der Waals surface area contributed by atoms with Crippen molar-refractivity contribution < 1.29 is 4.79 Å². The Labute approximate surface area is 128 Å². The summed E-state index contributed by atoms with van der Waals surface area (Å²) in [5, 5.41) is 4.19. The molecule has 1 aliphatic carbocycles. The fourth-order valence-corrected chi connectivity index (χ4v) is 2.95. The van der Waals surface area contributed by atoms with Crippen molar-refractivity contribution in [2.24, 2.45) is 0 Å². The molecule has 0 aromatic carbocycles. The molecule has 0 unspecified atom stereocenters. The minimum atomic E-state index is -0.00545. The molecular formula is C15H18N6O. The number of amides is 1. The zero-order chi connectivity index (χ0) is 14.9. The lowest BCUT2D eigenvalue weighted by Crippen LogP contribution is -2.41. The average Bonchev–Trinajstić information content (AvgIpc) is 3.29. The van der Waals surface area contributed by atoms with Gasteiger partial charge in [0.05, 0.1) is 6.04 Å². The molecule has 1 atom stereocenters. The van der Waals surface area contributed by atoms with Gasteiger partial charge < -0.3 is 4.90 Å². The predicted molar refractivity (Wildman–Crippen MR) is 78.2 cm³/mol. The molecule has 0 radical (unpaired) electrons. The van der Waals surface area contributed by atoms with E-state index >= 15 is 0 Å². The van der Waals surface area contributed by atoms with Crippen molar-refractivity contribution in [2.45, 2.75) is 37.6 Å². The highest BCUT2D eigenvalue weighted by Gasteiger charge is 2.29. The molecule has 1 saturated heterocycles. The van der Waals surface area contributed by atoms with Crippen LogP contribution in [0.5, 0.6) is 0 Å². The summed E-state index contributed by atoms with van der Waals surface area (Å²) >= 11 is 0. The molecule has 22 heavy (non-hydrogen) atoms. The second kappa shape index (κ2) is 5.47. The van der Waals surface area contributed by atoms with Crippen LogP contribution >= 0.6 is 0 Å². The highest BCUT2D eigenvalue weighted by molar-refractivity contribution is 5.92. The first kappa shape index (κ1) is 13.4. The summed E-state index contributed by atoms with van der Waals surface area (Å²) in [6.07, 6.45) is 9.21. The highest BCUT2D eigenvalue weighted by atomic mass is 16.2. The van der Waals surface area contributed by atoms with E-state index in [2.05, 4.69) is 20.1 Å². The van der Waals surface area contributed by atoms with Gasteiger partial charge in [-0.15, -0.1) is 0 Å². The average molecular weight is 298 g/mol. The Bertz CT molecular complexity index is 666. The molecule has 2 aromatic heterocycles. The molecule has 0 N–H and O–H groups in total. The Morgan fingerprint density at radius 2 is 2.18 bits per heavy atom. The van der Waals surface area contributed by atoms with Gasteiger partial charge in [0.2, 0.25) is 0 Å². The van der Waals surface area contributed by atoms with E-state index in [1.54, 1.807) is 18.6 Å². The van der Waals surface area contributed by atoms with Crippen molar-refractivity contribution in [3.63, 3.8) is 0 Å². The summed E-state index contributed by atoms with van der Waals surface area (Å²) < 4.78 is 1.84. The third-order valence-electron chi connectivity index (χ3n) is 4.33. The highest BCUT2D eigenvalue weighted by Crippen LogP contribution is 2.37. The van der Waals surface area contributed by atoms with Gasteiger partial charge in [-0.1, -0.05) is 0 Å². The number of likely N-dealkylation sites (tertiary alicyclic amines) is 1. The molecule has 2 aromatic rings. The van der Waals surface area contributed by atoms with Crippen LogP contribution in [0.25, 0.3) is 0 Å². The first-order valence-electron chi connectivity index (χ1n) is 7.77. The summed E-state index contributed by atoms with van der Waals surface area (Å²) in [6, 6.07) is 1.91. The lowest BCUT2D eigenvalue weighted by atomic mass is 10.1. The van der Waals surface area contributed by atoms with Gasteiger partial charge in [-0.2, -0.15) is 5.10 Å². The van der Waals surface area contributed by atoms with Crippen LogP contribution in [0.15, 0.2) is 24.9 Å². The van der Waals surface area contributed by atoms with Crippen molar-refractivity contribution in [1.29, 1.82) is 0 Å². The van der Waals surface area contributed by atoms with Crippen molar-refractivity contribution >= 4 is 5.91 Å². The van der Waals surface area contributed by atoms with Crippen molar-refractivity contribution in [1.82, 2.24) is 29.6 Å². The molecule has 1 amide bonds. The van der Waals surface area contributed by atoms with Crippen LogP contribution in [-0.2, 0) is 0 Å². The SMILES string of the molecule is O=C(c1ccnc(C2CC2)n1)N1CCC[C@@H](n2cncn2)C1. The third-order valence-corrected chi connectivity index (χ3v) is 4.33. The fourth-order valence-electron chi connectivity index (χ4n) is 2.95. The van der Waals surface area contributed by atoms with Gasteiger partial charge in [-0.05, 0) is 31.7 Å². The zero-order valence-corrected chi connectivity index (χ0v) is 12.3. The summed E-state index contributed by atoms with van der Waals surface area (Å²) in [4.78, 5) is 27.3. The zero-order valence-electron chi connectivity index (χ0n) is 12.3. The normalized spacial score (nSPS) is 21.8. The quantitative estimate of drug-likeness (QED) is 0.856. The van der Waals surface area contributed by atoms with E-state index in [4.69, 9.17) is 0 Å². The first-order valence-corrected chi connectivity index (χ1v) is 7.77. The lowest BCUT2D eigenvalue weighted by Gasteiger charge is -2.32. The first-order chi connectivity index (χ1) is 10.8. The van der Waals surface area contributed by atoms with Gasteiger partial charge in [-0.25, -0.2) is 19.6 Å². The van der Waals surface area contributed by atoms with Crippen LogP contribution in [0, 0.1) is 0 Å². The lowest BCUT2D eigenvalue weighted by molar-refractivity contribution is 0.0666. The molecule has 114 valence electrons. The number of aromatic nitrogens is 5. The maximum absolute atomic E-state index is 12.7. The minimum absolute atomic E-state index is 0.00545. The van der Waals surface area contributed by atoms with E-state index < -0.39 is 0 Å². The van der Waals surface area contributed by atoms with Crippen molar-refractivity contribution in [3.05, 3.63) is 36.4 Å². The summed E-state index contributed by atoms with van der Waals surface area (Å²) in [5.74, 6) is 1.27. The molecule has 7 nitrogen and oxygen atoms in total. The maximum Gasteiger partial charge on any atom is 0.272 e. The number of carbonyl (C=O) groups is 1. The molecule has 0 bridgehead atoms. The van der Waals surface area contributed by atoms with Gasteiger partial charge in [0.15, 0.2) is 0 Å². The Hall–Kier alpha value is -2.31. The van der Waals surface area contributed by atoms with Crippen LogP contribution in [0.2, 0.25) is 0 Å². The fraction of sp³-hybridized carbons (Fsp3) is 0.533. The Morgan fingerprint density at radius 1 is 1.27 bits per heavy atom. The number of carbonyl (C=O) groups excluding carboxylic acids is 1. The largest absolute Gasteiger partial charge is 0.335 e. The van der Waals surface area contributed by atoms with Crippen LogP contribution < -0.4 is 0 Å². The predicted octanol–water partition coefficient (Wildman–Crippen LogP) is 1.42. The van der Waals surface area contributed by atoms with E-state index in [0.717, 1.165) is 38.1 Å². The number of hydrogen-bond donors (Lipinski definition) is 0. The molecule has 7 heteroatoms. The van der Waals surface area contributed by atoms with Crippen LogP contribution in [-0.4, -0.2) is 48.6 Å². The molecule has 2 fully saturated rings.